The smallest absolute Gasteiger partial charge is 0.250 e. The summed E-state index contributed by atoms with van der Waals surface area (Å²) in [6.45, 7) is 6.04. The molecule has 1 aromatic carbocycles. The van der Waals surface area contributed by atoms with Gasteiger partial charge in [0.1, 0.15) is 5.76 Å². The average molecular weight is 425 g/mol. The maximum Gasteiger partial charge on any atom is 0.250 e. The molecule has 0 fully saturated rings. The summed E-state index contributed by atoms with van der Waals surface area (Å²) in [7, 11) is 1.76. The zero-order chi connectivity index (χ0) is 22.4. The molecule has 5 rings (SSSR count). The summed E-state index contributed by atoms with van der Waals surface area (Å²) in [5.74, 6) is 0.774. The van der Waals surface area contributed by atoms with Crippen molar-refractivity contribution in [1.29, 1.82) is 0 Å². The maximum absolute atomic E-state index is 11.9. The molecule has 1 atom stereocenters. The normalized spacial score (nSPS) is 12.4. The van der Waals surface area contributed by atoms with Gasteiger partial charge in [0.2, 0.25) is 5.56 Å². The Morgan fingerprint density at radius 3 is 2.47 bits per heavy atom. The number of aromatic nitrogens is 4. The Labute approximate surface area is 185 Å². The van der Waals surface area contributed by atoms with Crippen LogP contribution < -0.4 is 5.56 Å². The molecular formula is C26H24N4O2. The highest BCUT2D eigenvalue weighted by atomic mass is 16.5. The molecule has 160 valence electrons. The first-order valence-electron chi connectivity index (χ1n) is 10.6. The van der Waals surface area contributed by atoms with Crippen LogP contribution in [0.1, 0.15) is 30.0 Å². The molecule has 4 aromatic heterocycles. The lowest BCUT2D eigenvalue weighted by Gasteiger charge is -2.16. The second kappa shape index (κ2) is 7.64. The van der Waals surface area contributed by atoms with Gasteiger partial charge in [0.05, 0.1) is 22.8 Å². The third kappa shape index (κ3) is 3.24. The van der Waals surface area contributed by atoms with Gasteiger partial charge in [-0.15, -0.1) is 0 Å². The molecular weight excluding hydrogens is 400 g/mol. The maximum atomic E-state index is 11.9. The van der Waals surface area contributed by atoms with Crippen molar-refractivity contribution in [3.63, 3.8) is 0 Å². The molecule has 0 bridgehead atoms. The molecule has 0 amide bonds. The summed E-state index contributed by atoms with van der Waals surface area (Å²) < 4.78 is 9.24. The number of hydrogen-bond donors (Lipinski definition) is 0. The number of hydrogen-bond acceptors (Lipinski definition) is 4. The molecule has 32 heavy (non-hydrogen) atoms. The van der Waals surface area contributed by atoms with Crippen LogP contribution in [0.3, 0.4) is 0 Å². The first-order valence-corrected chi connectivity index (χ1v) is 10.6. The fraction of sp³-hybridized carbons (Fsp3) is 0.192. The summed E-state index contributed by atoms with van der Waals surface area (Å²) in [4.78, 5) is 16.8. The van der Waals surface area contributed by atoms with Gasteiger partial charge in [0, 0.05) is 54.0 Å². The van der Waals surface area contributed by atoms with E-state index in [1.807, 2.05) is 38.4 Å². The predicted octanol–water partition coefficient (Wildman–Crippen LogP) is 5.28. The van der Waals surface area contributed by atoms with Gasteiger partial charge < -0.3 is 13.7 Å². The van der Waals surface area contributed by atoms with E-state index in [0.717, 1.165) is 44.7 Å². The van der Waals surface area contributed by atoms with Gasteiger partial charge in [-0.05, 0) is 38.5 Å². The number of aryl methyl sites for hydroxylation is 3. The second-order valence-electron chi connectivity index (χ2n) is 8.19. The molecule has 0 radical (unpaired) electrons. The van der Waals surface area contributed by atoms with Crippen LogP contribution in [0.4, 0.5) is 0 Å². The van der Waals surface area contributed by atoms with Gasteiger partial charge in [0.25, 0.3) is 0 Å². The summed E-state index contributed by atoms with van der Waals surface area (Å²) in [5, 5.41) is 4.11. The van der Waals surface area contributed by atoms with Crippen molar-refractivity contribution in [2.45, 2.75) is 26.8 Å². The van der Waals surface area contributed by atoms with Gasteiger partial charge >= 0.3 is 0 Å². The lowest BCUT2D eigenvalue weighted by molar-refractivity contribution is 0.393. The van der Waals surface area contributed by atoms with Gasteiger partial charge in [-0.25, -0.2) is 0 Å². The Bertz CT molecular complexity index is 1470. The lowest BCUT2D eigenvalue weighted by Crippen LogP contribution is -2.13. The third-order valence-corrected chi connectivity index (χ3v) is 6.09. The quantitative estimate of drug-likeness (QED) is 0.394. The Kier molecular flexibility index (Phi) is 4.78. The lowest BCUT2D eigenvalue weighted by atomic mass is 10.0. The molecule has 0 spiro atoms. The molecule has 0 aliphatic rings. The van der Waals surface area contributed by atoms with Crippen LogP contribution in [0, 0.1) is 13.8 Å². The highest BCUT2D eigenvalue weighted by molar-refractivity contribution is 5.95. The van der Waals surface area contributed by atoms with Gasteiger partial charge in [-0.3, -0.25) is 9.78 Å². The van der Waals surface area contributed by atoms with Crippen LogP contribution in [0.15, 0.2) is 76.4 Å². The van der Waals surface area contributed by atoms with Crippen molar-refractivity contribution in [2.24, 2.45) is 7.05 Å². The standard InChI is InChI=1S/C26H24N4O2/c1-16-25(18(3)32-28-16)21-12-23-26(27-13-21)22(20-10-11-24(31)29(4)14-20)15-30(23)17(2)19-8-6-5-7-9-19/h5-15,17H,1-4H3. The van der Waals surface area contributed by atoms with E-state index >= 15 is 0 Å². The minimum absolute atomic E-state index is 0.0382. The van der Waals surface area contributed by atoms with Crippen molar-refractivity contribution >= 4 is 11.0 Å². The van der Waals surface area contributed by atoms with E-state index in [2.05, 4.69) is 53.2 Å². The Hall–Kier alpha value is -3.93. The molecule has 0 aliphatic heterocycles. The first kappa shape index (κ1) is 20.0. The molecule has 1 unspecified atom stereocenters. The minimum Gasteiger partial charge on any atom is -0.361 e. The van der Waals surface area contributed by atoms with Gasteiger partial charge in [0.15, 0.2) is 0 Å². The Morgan fingerprint density at radius 1 is 1.00 bits per heavy atom. The van der Waals surface area contributed by atoms with Crippen LogP contribution in [-0.2, 0) is 7.05 Å². The van der Waals surface area contributed by atoms with E-state index < -0.39 is 0 Å². The summed E-state index contributed by atoms with van der Waals surface area (Å²) in [6.07, 6.45) is 5.86. The number of benzene rings is 1. The third-order valence-electron chi connectivity index (χ3n) is 6.09. The molecule has 0 saturated heterocycles. The molecule has 0 saturated carbocycles. The topological polar surface area (TPSA) is 65.8 Å². The fourth-order valence-corrected chi connectivity index (χ4v) is 4.34. The van der Waals surface area contributed by atoms with Crippen molar-refractivity contribution in [2.75, 3.05) is 0 Å². The van der Waals surface area contributed by atoms with Crippen molar-refractivity contribution < 1.29 is 4.52 Å². The Morgan fingerprint density at radius 2 is 1.78 bits per heavy atom. The van der Waals surface area contributed by atoms with Crippen LogP contribution in [-0.4, -0.2) is 19.3 Å². The van der Waals surface area contributed by atoms with E-state index in [0.29, 0.717) is 0 Å². The molecule has 0 N–H and O–H groups in total. The minimum atomic E-state index is -0.0382. The monoisotopic (exact) mass is 424 g/mol. The number of rotatable bonds is 4. The second-order valence-corrected chi connectivity index (χ2v) is 8.19. The predicted molar refractivity (Wildman–Crippen MR) is 126 cm³/mol. The first-order chi connectivity index (χ1) is 15.4. The van der Waals surface area contributed by atoms with E-state index in [4.69, 9.17) is 9.51 Å². The number of nitrogens with zero attached hydrogens (tertiary/aromatic N) is 4. The number of pyridine rings is 2. The van der Waals surface area contributed by atoms with Crippen LogP contribution >= 0.6 is 0 Å². The van der Waals surface area contributed by atoms with Crippen LogP contribution in [0.25, 0.3) is 33.3 Å². The highest BCUT2D eigenvalue weighted by Crippen LogP contribution is 2.36. The van der Waals surface area contributed by atoms with E-state index in [1.165, 1.54) is 5.56 Å². The summed E-state index contributed by atoms with van der Waals surface area (Å²) in [6, 6.07) is 16.1. The molecule has 6 nitrogen and oxygen atoms in total. The van der Waals surface area contributed by atoms with Crippen molar-refractivity contribution in [1.82, 2.24) is 19.3 Å². The summed E-state index contributed by atoms with van der Waals surface area (Å²) in [5.41, 5.74) is 7.81. The largest absolute Gasteiger partial charge is 0.361 e. The van der Waals surface area contributed by atoms with Crippen LogP contribution in [0.5, 0.6) is 0 Å². The molecule has 5 aromatic rings. The van der Waals surface area contributed by atoms with Crippen molar-refractivity contribution in [3.05, 3.63) is 94.5 Å². The Balaban J connectivity index is 1.77. The van der Waals surface area contributed by atoms with Gasteiger partial charge in [-0.2, -0.15) is 0 Å². The zero-order valence-electron chi connectivity index (χ0n) is 18.5. The molecule has 4 heterocycles. The highest BCUT2D eigenvalue weighted by Gasteiger charge is 2.20. The van der Waals surface area contributed by atoms with E-state index in [1.54, 1.807) is 17.7 Å². The zero-order valence-corrected chi connectivity index (χ0v) is 18.5. The van der Waals surface area contributed by atoms with Crippen LogP contribution in [0.2, 0.25) is 0 Å². The van der Waals surface area contributed by atoms with Crippen molar-refractivity contribution in [3.8, 4) is 22.3 Å². The number of fused-ring (bicyclic) bond motifs is 1. The average Bonchev–Trinajstić information content (AvgIpc) is 3.35. The fourth-order valence-electron chi connectivity index (χ4n) is 4.34. The van der Waals surface area contributed by atoms with E-state index in [9.17, 15) is 4.79 Å². The molecule has 0 aliphatic carbocycles. The molecule has 6 heteroatoms. The summed E-state index contributed by atoms with van der Waals surface area (Å²) >= 11 is 0. The van der Waals surface area contributed by atoms with Gasteiger partial charge in [-0.1, -0.05) is 35.5 Å². The van der Waals surface area contributed by atoms with E-state index in [-0.39, 0.29) is 11.6 Å². The SMILES string of the molecule is Cc1noc(C)c1-c1cnc2c(-c3ccc(=O)n(C)c3)cn(C(C)c3ccccc3)c2c1.